The molecule has 3 unspecified atom stereocenters. The van der Waals surface area contributed by atoms with Crippen molar-refractivity contribution < 1.29 is 9.84 Å². The minimum absolute atomic E-state index is 0.156. The predicted molar refractivity (Wildman–Crippen MR) is 76.3 cm³/mol. The van der Waals surface area contributed by atoms with Gasteiger partial charge in [0, 0.05) is 5.41 Å². The van der Waals surface area contributed by atoms with Gasteiger partial charge in [-0.1, -0.05) is 31.9 Å². The second kappa shape index (κ2) is 4.52. The van der Waals surface area contributed by atoms with Gasteiger partial charge in [0.1, 0.15) is 5.75 Å². The molecular weight excluding hydrogens is 236 g/mol. The van der Waals surface area contributed by atoms with E-state index in [9.17, 15) is 5.11 Å². The summed E-state index contributed by atoms with van der Waals surface area (Å²) in [4.78, 5) is 0. The van der Waals surface area contributed by atoms with Gasteiger partial charge in [-0.05, 0) is 49.3 Å². The molecule has 19 heavy (non-hydrogen) atoms. The largest absolute Gasteiger partial charge is 0.497 e. The van der Waals surface area contributed by atoms with Crippen molar-refractivity contribution in [2.75, 3.05) is 7.11 Å². The molecule has 1 N–H and O–H groups in total. The Morgan fingerprint density at radius 3 is 2.58 bits per heavy atom. The molecule has 1 aromatic carbocycles. The molecule has 2 heteroatoms. The fraction of sp³-hybridized carbons (Fsp3) is 0.647. The maximum Gasteiger partial charge on any atom is 0.118 e. The molecule has 3 rings (SSSR count). The van der Waals surface area contributed by atoms with Crippen LogP contribution in [0.4, 0.5) is 0 Å². The minimum Gasteiger partial charge on any atom is -0.497 e. The molecule has 2 aliphatic carbocycles. The molecule has 0 bridgehead atoms. The Balaban J connectivity index is 1.63. The van der Waals surface area contributed by atoms with Crippen LogP contribution in [-0.2, 0) is 6.42 Å². The highest BCUT2D eigenvalue weighted by atomic mass is 16.5. The van der Waals surface area contributed by atoms with Crippen molar-refractivity contribution in [1.29, 1.82) is 0 Å². The first-order valence-electron chi connectivity index (χ1n) is 7.45. The van der Waals surface area contributed by atoms with Gasteiger partial charge < -0.3 is 9.84 Å². The number of aryl methyl sites for hydroxylation is 1. The maximum atomic E-state index is 10.7. The zero-order valence-electron chi connectivity index (χ0n) is 12.0. The maximum absolute atomic E-state index is 10.7. The van der Waals surface area contributed by atoms with E-state index >= 15 is 0 Å². The van der Waals surface area contributed by atoms with E-state index in [1.807, 2.05) is 12.1 Å². The van der Waals surface area contributed by atoms with E-state index in [-0.39, 0.29) is 11.0 Å². The predicted octanol–water partition coefficient (Wildman–Crippen LogP) is 3.57. The lowest BCUT2D eigenvalue weighted by Gasteiger charge is -2.18. The summed E-state index contributed by atoms with van der Waals surface area (Å²) in [7, 11) is 1.69. The van der Waals surface area contributed by atoms with Crippen LogP contribution in [0.1, 0.15) is 44.6 Å². The molecule has 2 nitrogen and oxygen atoms in total. The summed E-state index contributed by atoms with van der Waals surface area (Å²) in [5, 5.41) is 10.7. The number of benzene rings is 1. The minimum atomic E-state index is -0.349. The van der Waals surface area contributed by atoms with E-state index in [1.165, 1.54) is 24.8 Å². The Morgan fingerprint density at radius 2 is 2.00 bits per heavy atom. The molecule has 104 valence electrons. The molecule has 0 amide bonds. The van der Waals surface area contributed by atoms with Crippen molar-refractivity contribution in [3.05, 3.63) is 29.8 Å². The summed E-state index contributed by atoms with van der Waals surface area (Å²) < 4.78 is 5.18. The van der Waals surface area contributed by atoms with Gasteiger partial charge in [-0.2, -0.15) is 0 Å². The highest BCUT2D eigenvalue weighted by molar-refractivity contribution is 5.28. The number of hydrogen-bond acceptors (Lipinski definition) is 2. The van der Waals surface area contributed by atoms with E-state index in [2.05, 4.69) is 19.1 Å². The summed E-state index contributed by atoms with van der Waals surface area (Å²) in [5.41, 5.74) is 1.15. The summed E-state index contributed by atoms with van der Waals surface area (Å²) in [6.07, 6.45) is 6.88. The highest BCUT2D eigenvalue weighted by Crippen LogP contribution is 2.70. The van der Waals surface area contributed by atoms with Crippen molar-refractivity contribution in [2.24, 2.45) is 11.3 Å². The molecule has 0 spiro atoms. The summed E-state index contributed by atoms with van der Waals surface area (Å²) >= 11 is 0. The summed E-state index contributed by atoms with van der Waals surface area (Å²) in [6, 6.07) is 8.31. The number of ether oxygens (including phenoxy) is 1. The van der Waals surface area contributed by atoms with Crippen molar-refractivity contribution >= 4 is 0 Å². The van der Waals surface area contributed by atoms with Crippen LogP contribution in [0.15, 0.2) is 24.3 Å². The molecule has 0 aromatic heterocycles. The monoisotopic (exact) mass is 260 g/mol. The Hall–Kier alpha value is -1.02. The molecule has 0 radical (unpaired) electrons. The lowest BCUT2D eigenvalue weighted by Crippen LogP contribution is -2.20. The first kappa shape index (κ1) is 13.0. The molecule has 0 aliphatic heterocycles. The van der Waals surface area contributed by atoms with Gasteiger partial charge in [0.15, 0.2) is 0 Å². The average Bonchev–Trinajstić information content (AvgIpc) is 2.94. The first-order valence-corrected chi connectivity index (χ1v) is 7.45. The van der Waals surface area contributed by atoms with Crippen molar-refractivity contribution in [2.45, 2.75) is 51.0 Å². The van der Waals surface area contributed by atoms with Gasteiger partial charge in [-0.15, -0.1) is 0 Å². The molecular formula is C17H24O2. The lowest BCUT2D eigenvalue weighted by atomic mass is 9.93. The molecule has 3 atom stereocenters. The number of hydrogen-bond donors (Lipinski definition) is 1. The molecule has 0 heterocycles. The third kappa shape index (κ3) is 1.97. The van der Waals surface area contributed by atoms with Crippen molar-refractivity contribution in [1.82, 2.24) is 0 Å². The second-order valence-corrected chi connectivity index (χ2v) is 6.49. The van der Waals surface area contributed by atoms with E-state index in [0.29, 0.717) is 5.92 Å². The summed E-state index contributed by atoms with van der Waals surface area (Å²) in [5.74, 6) is 1.46. The standard InChI is InChI=1S/C17H24O2/c1-16(15-5-3-4-11-17(15,16)18)12-10-13-6-8-14(19-2)9-7-13/h6-9,15,18H,3-5,10-12H2,1-2H3. The number of fused-ring (bicyclic) bond motifs is 1. The van der Waals surface area contributed by atoms with Gasteiger partial charge in [0.25, 0.3) is 0 Å². The fourth-order valence-corrected chi connectivity index (χ4v) is 4.19. The van der Waals surface area contributed by atoms with Gasteiger partial charge in [0.05, 0.1) is 12.7 Å². The smallest absolute Gasteiger partial charge is 0.118 e. The van der Waals surface area contributed by atoms with Crippen LogP contribution in [0, 0.1) is 11.3 Å². The SMILES string of the molecule is COc1ccc(CCC2(C)C3CCCCC32O)cc1. The topological polar surface area (TPSA) is 29.5 Å². The zero-order valence-corrected chi connectivity index (χ0v) is 12.0. The van der Waals surface area contributed by atoms with Gasteiger partial charge in [0.2, 0.25) is 0 Å². The third-order valence-corrected chi connectivity index (χ3v) is 5.64. The van der Waals surface area contributed by atoms with Gasteiger partial charge in [-0.3, -0.25) is 0 Å². The number of rotatable bonds is 4. The van der Waals surface area contributed by atoms with E-state index in [4.69, 9.17) is 4.74 Å². The lowest BCUT2D eigenvalue weighted by molar-refractivity contribution is 0.0724. The van der Waals surface area contributed by atoms with Crippen LogP contribution in [0.2, 0.25) is 0 Å². The first-order chi connectivity index (χ1) is 9.10. The fourth-order valence-electron chi connectivity index (χ4n) is 4.19. The van der Waals surface area contributed by atoms with Gasteiger partial charge >= 0.3 is 0 Å². The zero-order chi connectivity index (χ0) is 13.5. The Kier molecular flexibility index (Phi) is 3.09. The average molecular weight is 260 g/mol. The normalized spacial score (nSPS) is 36.7. The van der Waals surface area contributed by atoms with Crippen LogP contribution in [0.25, 0.3) is 0 Å². The van der Waals surface area contributed by atoms with Crippen LogP contribution in [0.5, 0.6) is 5.75 Å². The Labute approximate surface area is 115 Å². The molecule has 2 fully saturated rings. The Bertz CT molecular complexity index is 453. The van der Waals surface area contributed by atoms with Crippen LogP contribution in [-0.4, -0.2) is 17.8 Å². The van der Waals surface area contributed by atoms with Crippen LogP contribution in [0.3, 0.4) is 0 Å². The van der Waals surface area contributed by atoms with Crippen LogP contribution >= 0.6 is 0 Å². The van der Waals surface area contributed by atoms with Crippen molar-refractivity contribution in [3.63, 3.8) is 0 Å². The van der Waals surface area contributed by atoms with Crippen LogP contribution < -0.4 is 4.74 Å². The number of methoxy groups -OCH3 is 1. The number of aliphatic hydroxyl groups is 1. The molecule has 0 saturated heterocycles. The van der Waals surface area contributed by atoms with E-state index in [0.717, 1.165) is 25.0 Å². The quantitative estimate of drug-likeness (QED) is 0.896. The summed E-state index contributed by atoms with van der Waals surface area (Å²) in [6.45, 7) is 2.28. The molecule has 2 saturated carbocycles. The van der Waals surface area contributed by atoms with E-state index < -0.39 is 0 Å². The van der Waals surface area contributed by atoms with Gasteiger partial charge in [-0.25, -0.2) is 0 Å². The Morgan fingerprint density at radius 1 is 1.26 bits per heavy atom. The van der Waals surface area contributed by atoms with Crippen molar-refractivity contribution in [3.8, 4) is 5.75 Å². The highest BCUT2D eigenvalue weighted by Gasteiger charge is 2.72. The third-order valence-electron chi connectivity index (χ3n) is 5.64. The molecule has 1 aromatic rings. The molecule has 2 aliphatic rings. The van der Waals surface area contributed by atoms with E-state index in [1.54, 1.807) is 7.11 Å². The second-order valence-electron chi connectivity index (χ2n) is 6.49.